The zero-order chi connectivity index (χ0) is 39.3. The van der Waals surface area contributed by atoms with Gasteiger partial charge in [0.2, 0.25) is 0 Å². The van der Waals surface area contributed by atoms with E-state index in [1.54, 1.807) is 52.6 Å². The molecule has 13 fully saturated rings. The van der Waals surface area contributed by atoms with E-state index in [9.17, 15) is 0 Å². The van der Waals surface area contributed by atoms with Crippen molar-refractivity contribution < 1.29 is 51.0 Å². The zero-order valence-corrected chi connectivity index (χ0v) is 43.0. The maximum absolute atomic E-state index is 3.04. The van der Waals surface area contributed by atoms with Crippen molar-refractivity contribution in [2.24, 2.45) is 81.8 Å². The summed E-state index contributed by atoms with van der Waals surface area (Å²) in [6, 6.07) is 17.0. The summed E-state index contributed by atoms with van der Waals surface area (Å²) in [5.41, 5.74) is 17.9. The Labute approximate surface area is 413 Å². The number of halogens is 2. The molecule has 0 saturated heterocycles. The van der Waals surface area contributed by atoms with Crippen LogP contribution >= 0.6 is 0 Å². The van der Waals surface area contributed by atoms with E-state index in [2.05, 4.69) is 56.3 Å². The van der Waals surface area contributed by atoms with E-state index in [1.165, 1.54) is 141 Å². The van der Waals surface area contributed by atoms with Crippen LogP contribution in [0.5, 0.6) is 0 Å². The second kappa shape index (κ2) is 15.2. The molecule has 0 nitrogen and oxygen atoms in total. The Hall–Kier alpha value is -0.617. The molecule has 2 aromatic rings. The molecule has 0 spiro atoms. The molecule has 3 heteroatoms. The third-order valence-electron chi connectivity index (χ3n) is 23.4. The molecule has 16 aliphatic carbocycles. The number of rotatable bonds is 6. The normalized spacial score (nSPS) is 46.4. The summed E-state index contributed by atoms with van der Waals surface area (Å²) in [6.45, 7) is 5.41. The van der Waals surface area contributed by atoms with E-state index in [4.69, 9.17) is 0 Å². The van der Waals surface area contributed by atoms with Gasteiger partial charge in [-0.05, 0) is 267 Å². The molecule has 0 amide bonds. The molecule has 2 unspecified atom stereocenters. The Kier molecular flexibility index (Phi) is 10.5. The van der Waals surface area contributed by atoms with Gasteiger partial charge in [-0.15, -0.1) is 0 Å². The minimum Gasteiger partial charge on any atom is -1.00 e. The van der Waals surface area contributed by atoms with E-state index in [-0.39, 0.29) is 56.4 Å². The van der Waals surface area contributed by atoms with Crippen LogP contribution < -0.4 is 24.8 Å². The summed E-state index contributed by atoms with van der Waals surface area (Å²) in [5.74, 6) is 11.9. The van der Waals surface area contributed by atoms with Crippen molar-refractivity contribution in [2.75, 3.05) is 0 Å². The number of benzene rings is 2. The summed E-state index contributed by atoms with van der Waals surface area (Å²) in [7, 11) is 0. The quantitative estimate of drug-likeness (QED) is 0.271. The van der Waals surface area contributed by atoms with Crippen molar-refractivity contribution >= 4 is 0 Å². The predicted octanol–water partition coefficient (Wildman–Crippen LogP) is 9.83. The maximum atomic E-state index is 3.04. The number of hydrogen-bond acceptors (Lipinski definition) is 0. The summed E-state index contributed by atoms with van der Waals surface area (Å²) < 4.78 is 0. The molecule has 16 aliphatic rings. The Bertz CT molecular complexity index is 2030. The Morgan fingerprint density at radius 2 is 0.889 bits per heavy atom. The van der Waals surface area contributed by atoms with Crippen LogP contribution in [0.15, 0.2) is 59.2 Å². The summed E-state index contributed by atoms with van der Waals surface area (Å²) >= 11 is 0. The molecule has 18 rings (SSSR count). The average Bonchev–Trinajstić information content (AvgIpc) is 3.90. The molecule has 13 saturated carbocycles. The molecule has 63 heavy (non-hydrogen) atoms. The van der Waals surface area contributed by atoms with E-state index >= 15 is 0 Å². The fourth-order valence-electron chi connectivity index (χ4n) is 22.4. The molecule has 12 bridgehead atoms. The SMILES string of the molecule is CC(C)C1(C2c3ccc(C45CC6CC(CC(C6)C4)C5)cc3-c3cc(C45CC6CC(CC(C6)C4)C5)ccc32)CC(C2CCCCC2)C2=C1C=C(C13CC4CC(CC(C4)C1)C3)C2.[Cl-].[Cl-].[Zr+2]. The van der Waals surface area contributed by atoms with Crippen molar-refractivity contribution in [1.29, 1.82) is 0 Å². The van der Waals surface area contributed by atoms with Crippen molar-refractivity contribution in [3.05, 3.63) is 81.4 Å². The standard InChI is InChI=1S/C60H76.2ClH.Zr/c1-35(2)60(34-54(45-6-4-3-5-7-45)53-23-48(24-55(53)60)59-31-42-18-43(32-59)20-44(19-42)33-59)56-49-10-8-46(57-25-36-12-37(26-57)14-38(13-36)27-57)21-51(49)52-22-47(9-11-50(52)56)58-28-39-15-40(29-58)17-41(16-39)30-58;;;/h8-11,21-22,24,35-45,54,56H,3-7,12-20,23,25-34H2,1-2H3;2*1H;/q;;;+2/p-2. The first-order valence-electron chi connectivity index (χ1n) is 27.0. The smallest absolute Gasteiger partial charge is 1.00 e. The number of allylic oxidation sites excluding steroid dienone is 4. The summed E-state index contributed by atoms with van der Waals surface area (Å²) in [5, 5.41) is 0. The molecular weight excluding hydrogens is 883 g/mol. The first kappa shape index (κ1) is 43.6. The van der Waals surface area contributed by atoms with Gasteiger partial charge < -0.3 is 24.8 Å². The fraction of sp³-hybridized carbons (Fsp3) is 0.733. The first-order valence-corrected chi connectivity index (χ1v) is 27.0. The fourth-order valence-corrected chi connectivity index (χ4v) is 22.4. The maximum Gasteiger partial charge on any atom is 2.00 e. The average molecular weight is 959 g/mol. The monoisotopic (exact) mass is 956 g/mol. The molecule has 0 heterocycles. The van der Waals surface area contributed by atoms with E-state index in [1.807, 2.05) is 16.7 Å². The Morgan fingerprint density at radius 1 is 0.492 bits per heavy atom. The molecule has 2 aromatic carbocycles. The largest absolute Gasteiger partial charge is 2.00 e. The second-order valence-electron chi connectivity index (χ2n) is 26.8. The molecule has 0 N–H and O–H groups in total. The van der Waals surface area contributed by atoms with Gasteiger partial charge in [0.25, 0.3) is 0 Å². The topological polar surface area (TPSA) is 0 Å². The van der Waals surface area contributed by atoms with E-state index in [0.717, 1.165) is 65.1 Å². The molecular formula is C60H76Cl2Zr. The van der Waals surface area contributed by atoms with Crippen LogP contribution in [0.25, 0.3) is 11.1 Å². The van der Waals surface area contributed by atoms with Gasteiger partial charge in [-0.25, -0.2) is 0 Å². The van der Waals surface area contributed by atoms with Crippen LogP contribution in [0.4, 0.5) is 0 Å². The predicted molar refractivity (Wildman–Crippen MR) is 246 cm³/mol. The van der Waals surface area contributed by atoms with Gasteiger partial charge in [0, 0.05) is 11.3 Å². The Morgan fingerprint density at radius 3 is 1.29 bits per heavy atom. The molecule has 2 atom stereocenters. The molecule has 0 aromatic heterocycles. The van der Waals surface area contributed by atoms with E-state index < -0.39 is 0 Å². The van der Waals surface area contributed by atoms with Crippen molar-refractivity contribution in [1.82, 2.24) is 0 Å². The van der Waals surface area contributed by atoms with Crippen LogP contribution in [-0.4, -0.2) is 0 Å². The van der Waals surface area contributed by atoms with Crippen LogP contribution in [0, 0.1) is 81.8 Å². The van der Waals surface area contributed by atoms with Gasteiger partial charge in [-0.1, -0.05) is 86.7 Å². The van der Waals surface area contributed by atoms with Crippen molar-refractivity contribution in [3.63, 3.8) is 0 Å². The van der Waals surface area contributed by atoms with Gasteiger partial charge in [-0.3, -0.25) is 0 Å². The minimum absolute atomic E-state index is 0. The van der Waals surface area contributed by atoms with Crippen molar-refractivity contribution in [3.8, 4) is 11.1 Å². The van der Waals surface area contributed by atoms with Crippen LogP contribution in [0.1, 0.15) is 203 Å². The summed E-state index contributed by atoms with van der Waals surface area (Å²) in [4.78, 5) is 0. The minimum atomic E-state index is 0. The van der Waals surface area contributed by atoms with Crippen LogP contribution in [0.2, 0.25) is 0 Å². The van der Waals surface area contributed by atoms with Gasteiger partial charge in [0.1, 0.15) is 0 Å². The second-order valence-corrected chi connectivity index (χ2v) is 26.8. The number of hydrogen-bond donors (Lipinski definition) is 0. The van der Waals surface area contributed by atoms with Gasteiger partial charge in [-0.2, -0.15) is 0 Å². The van der Waals surface area contributed by atoms with Gasteiger partial charge in [0.15, 0.2) is 0 Å². The number of fused-ring (bicyclic) bond motifs is 3. The zero-order valence-electron chi connectivity index (χ0n) is 39.0. The molecule has 334 valence electrons. The molecule has 0 radical (unpaired) electrons. The third kappa shape index (κ3) is 6.16. The van der Waals surface area contributed by atoms with E-state index in [0.29, 0.717) is 28.1 Å². The summed E-state index contributed by atoms with van der Waals surface area (Å²) in [6.07, 6.45) is 40.6. The molecule has 0 aliphatic heterocycles. The van der Waals surface area contributed by atoms with Gasteiger partial charge >= 0.3 is 26.2 Å². The van der Waals surface area contributed by atoms with Gasteiger partial charge in [0.05, 0.1) is 0 Å². The third-order valence-corrected chi connectivity index (χ3v) is 23.4. The van der Waals surface area contributed by atoms with Crippen molar-refractivity contribution in [2.45, 2.75) is 191 Å². The Balaban J connectivity index is 0.00000140. The van der Waals surface area contributed by atoms with Crippen LogP contribution in [0.3, 0.4) is 0 Å². The first-order chi connectivity index (χ1) is 29.2. The van der Waals surface area contributed by atoms with Crippen LogP contribution in [-0.2, 0) is 37.0 Å².